The molecule has 0 aliphatic heterocycles. The van der Waals surface area contributed by atoms with E-state index in [1.807, 2.05) is 72.8 Å². The number of ether oxygens (including phenoxy) is 1. The minimum absolute atomic E-state index is 0.200. The van der Waals surface area contributed by atoms with Crippen LogP contribution in [-0.2, 0) is 17.6 Å². The van der Waals surface area contributed by atoms with E-state index in [0.717, 1.165) is 26.7 Å². The molecule has 5 N–H and O–H groups in total. The molecule has 3 rings (SSSR count). The lowest BCUT2D eigenvalue weighted by atomic mass is 9.95. The Balaban J connectivity index is 1.57. The lowest BCUT2D eigenvalue weighted by Gasteiger charge is -2.27. The summed E-state index contributed by atoms with van der Waals surface area (Å²) in [7, 11) is -4.34. The van der Waals surface area contributed by atoms with E-state index in [9.17, 15) is 19.5 Å². The van der Waals surface area contributed by atoms with Gasteiger partial charge >= 0.3 is 7.60 Å². The maximum Gasteiger partial charge on any atom is 0.327 e. The molecule has 3 aromatic rings. The van der Waals surface area contributed by atoms with Crippen LogP contribution in [0.2, 0.25) is 5.02 Å². The number of aliphatic hydroxyl groups is 1. The summed E-state index contributed by atoms with van der Waals surface area (Å²) in [5.41, 5.74) is 6.53. The Kier molecular flexibility index (Phi) is 9.02. The van der Waals surface area contributed by atoms with Crippen molar-refractivity contribution in [3.05, 3.63) is 88.9 Å². The van der Waals surface area contributed by atoms with Crippen LogP contribution in [0, 0.1) is 0 Å². The molecule has 0 aromatic heterocycles. The predicted octanol–water partition coefficient (Wildman–Crippen LogP) is 4.87. The molecule has 0 aliphatic rings. The van der Waals surface area contributed by atoms with Gasteiger partial charge in [-0.05, 0) is 60.4 Å². The van der Waals surface area contributed by atoms with E-state index in [4.69, 9.17) is 22.1 Å². The smallest absolute Gasteiger partial charge is 0.327 e. The summed E-state index contributed by atoms with van der Waals surface area (Å²) in [5, 5.41) is 10.0. The van der Waals surface area contributed by atoms with Crippen LogP contribution in [0.15, 0.2) is 82.6 Å². The van der Waals surface area contributed by atoms with Crippen molar-refractivity contribution in [2.24, 2.45) is 5.73 Å². The minimum atomic E-state index is -4.34. The van der Waals surface area contributed by atoms with E-state index >= 15 is 0 Å². The Hall–Kier alpha value is -1.83. The van der Waals surface area contributed by atoms with Gasteiger partial charge in [0.25, 0.3) is 0 Å². The molecule has 33 heavy (non-hydrogen) atoms. The van der Waals surface area contributed by atoms with Gasteiger partial charge in [-0.3, -0.25) is 4.57 Å². The molecule has 3 aromatic carbocycles. The number of hydrogen-bond acceptors (Lipinski definition) is 5. The van der Waals surface area contributed by atoms with Crippen LogP contribution in [0.5, 0.6) is 5.75 Å². The van der Waals surface area contributed by atoms with Crippen molar-refractivity contribution in [2.75, 3.05) is 12.8 Å². The number of aryl methyl sites for hydroxylation is 1. The van der Waals surface area contributed by atoms with Crippen LogP contribution in [0.1, 0.15) is 17.5 Å². The normalized spacial score (nSPS) is 13.5. The second kappa shape index (κ2) is 11.5. The van der Waals surface area contributed by atoms with Crippen molar-refractivity contribution in [1.29, 1.82) is 0 Å². The largest absolute Gasteiger partial charge is 0.489 e. The summed E-state index contributed by atoms with van der Waals surface area (Å²) in [6.45, 7) is -0.00630. The van der Waals surface area contributed by atoms with Crippen molar-refractivity contribution in [3.63, 3.8) is 0 Å². The van der Waals surface area contributed by atoms with Gasteiger partial charge in [-0.2, -0.15) is 0 Å². The zero-order valence-electron chi connectivity index (χ0n) is 17.9. The number of halogens is 1. The van der Waals surface area contributed by atoms with E-state index in [1.165, 1.54) is 0 Å². The van der Waals surface area contributed by atoms with Crippen LogP contribution in [0.3, 0.4) is 0 Å². The van der Waals surface area contributed by atoms with Gasteiger partial charge in [-0.1, -0.05) is 59.8 Å². The van der Waals surface area contributed by atoms with Gasteiger partial charge in [0.05, 0.1) is 18.3 Å². The Morgan fingerprint density at radius 1 is 1.00 bits per heavy atom. The maximum absolute atomic E-state index is 11.3. The SMILES string of the molecule is NC(CO)(CCc1ccc(Sc2ccc(OCc3ccccc3)cc2)cc1Cl)CP(=O)(O)O. The lowest BCUT2D eigenvalue weighted by molar-refractivity contribution is 0.195. The summed E-state index contributed by atoms with van der Waals surface area (Å²) in [6.07, 6.45) is 0.0205. The average molecular weight is 508 g/mol. The molecule has 0 fully saturated rings. The zero-order chi connectivity index (χ0) is 23.9. The van der Waals surface area contributed by atoms with Crippen molar-refractivity contribution < 1.29 is 24.2 Å². The molecular weight excluding hydrogens is 481 g/mol. The first-order valence-electron chi connectivity index (χ1n) is 10.3. The van der Waals surface area contributed by atoms with Crippen molar-refractivity contribution in [3.8, 4) is 5.75 Å². The molecule has 0 bridgehead atoms. The summed E-state index contributed by atoms with van der Waals surface area (Å²) >= 11 is 8.00. The number of rotatable bonds is 11. The standard InChI is InChI=1S/C24H27ClNO5PS/c25-23-14-22(9-6-19(23)12-13-24(26,16-27)17-32(28,29)30)33-21-10-7-20(8-11-21)31-15-18-4-2-1-3-5-18/h1-11,14,27H,12-13,15-17,26H2,(H2,28,29,30). The molecule has 1 atom stereocenters. The highest BCUT2D eigenvalue weighted by Gasteiger charge is 2.32. The fourth-order valence-corrected chi connectivity index (χ4v) is 5.55. The molecule has 0 aliphatic carbocycles. The fourth-order valence-electron chi connectivity index (χ4n) is 3.28. The average Bonchev–Trinajstić information content (AvgIpc) is 2.78. The van der Waals surface area contributed by atoms with Gasteiger partial charge in [-0.25, -0.2) is 0 Å². The van der Waals surface area contributed by atoms with Gasteiger partial charge in [0.1, 0.15) is 12.4 Å². The molecule has 1 unspecified atom stereocenters. The molecule has 9 heteroatoms. The third-order valence-corrected chi connectivity index (χ3v) is 7.45. The first-order chi connectivity index (χ1) is 15.7. The van der Waals surface area contributed by atoms with Gasteiger partial charge < -0.3 is 25.4 Å². The molecule has 6 nitrogen and oxygen atoms in total. The Morgan fingerprint density at radius 2 is 1.67 bits per heavy atom. The lowest BCUT2D eigenvalue weighted by Crippen LogP contribution is -2.47. The van der Waals surface area contributed by atoms with Crippen molar-refractivity contribution in [2.45, 2.75) is 34.8 Å². The molecular formula is C24H27ClNO5PS. The second-order valence-corrected chi connectivity index (χ2v) is 11.1. The van der Waals surface area contributed by atoms with E-state index in [0.29, 0.717) is 18.1 Å². The highest BCUT2D eigenvalue weighted by Crippen LogP contribution is 2.39. The summed E-state index contributed by atoms with van der Waals surface area (Å²) in [4.78, 5) is 20.4. The van der Waals surface area contributed by atoms with Gasteiger partial charge in [0, 0.05) is 14.8 Å². The van der Waals surface area contributed by atoms with E-state index in [-0.39, 0.29) is 6.42 Å². The van der Waals surface area contributed by atoms with Gasteiger partial charge in [-0.15, -0.1) is 0 Å². The van der Waals surface area contributed by atoms with Crippen LogP contribution in [-0.4, -0.2) is 33.2 Å². The van der Waals surface area contributed by atoms with Crippen molar-refractivity contribution >= 4 is 31.0 Å². The summed E-state index contributed by atoms with van der Waals surface area (Å²) in [6, 6.07) is 23.5. The highest BCUT2D eigenvalue weighted by molar-refractivity contribution is 7.99. The Labute approximate surface area is 202 Å². The third-order valence-electron chi connectivity index (χ3n) is 5.06. The van der Waals surface area contributed by atoms with Crippen LogP contribution < -0.4 is 10.5 Å². The first-order valence-corrected chi connectivity index (χ1v) is 13.3. The monoisotopic (exact) mass is 507 g/mol. The van der Waals surface area contributed by atoms with E-state index in [1.54, 1.807) is 11.8 Å². The first kappa shape index (κ1) is 25.8. The molecule has 0 radical (unpaired) electrons. The second-order valence-electron chi connectivity index (χ2n) is 7.94. The summed E-state index contributed by atoms with van der Waals surface area (Å²) in [5.74, 6) is 0.793. The van der Waals surface area contributed by atoms with Gasteiger partial charge in [0.2, 0.25) is 0 Å². The van der Waals surface area contributed by atoms with E-state index < -0.39 is 25.9 Å². The molecule has 0 spiro atoms. The van der Waals surface area contributed by atoms with Crippen molar-refractivity contribution in [1.82, 2.24) is 0 Å². The zero-order valence-corrected chi connectivity index (χ0v) is 20.4. The number of aliphatic hydroxyl groups excluding tert-OH is 1. The Bertz CT molecular complexity index is 1090. The molecule has 0 amide bonds. The maximum atomic E-state index is 11.3. The van der Waals surface area contributed by atoms with Crippen LogP contribution >= 0.6 is 31.0 Å². The molecule has 176 valence electrons. The molecule has 0 saturated carbocycles. The Morgan fingerprint density at radius 3 is 2.27 bits per heavy atom. The van der Waals surface area contributed by atoms with Gasteiger partial charge in [0.15, 0.2) is 0 Å². The number of nitrogens with two attached hydrogens (primary N) is 1. The minimum Gasteiger partial charge on any atom is -0.489 e. The fraction of sp³-hybridized carbons (Fsp3) is 0.250. The quantitative estimate of drug-likeness (QED) is 0.274. The highest BCUT2D eigenvalue weighted by atomic mass is 35.5. The number of benzene rings is 3. The van der Waals surface area contributed by atoms with Crippen LogP contribution in [0.25, 0.3) is 0 Å². The molecule has 0 saturated heterocycles. The summed E-state index contributed by atoms with van der Waals surface area (Å²) < 4.78 is 17.1. The van der Waals surface area contributed by atoms with E-state index in [2.05, 4.69) is 0 Å². The predicted molar refractivity (Wildman–Crippen MR) is 132 cm³/mol. The third kappa shape index (κ3) is 8.47. The topological polar surface area (TPSA) is 113 Å². The number of hydrogen-bond donors (Lipinski definition) is 4. The molecule has 0 heterocycles. The van der Waals surface area contributed by atoms with Crippen LogP contribution in [0.4, 0.5) is 0 Å².